The topological polar surface area (TPSA) is 111 Å². The number of benzene rings is 1. The molecule has 0 aromatic heterocycles. The summed E-state index contributed by atoms with van der Waals surface area (Å²) in [5.74, 6) is 1.63. The molecule has 4 saturated carbocycles. The van der Waals surface area contributed by atoms with Crippen LogP contribution in [0.5, 0.6) is 0 Å². The van der Waals surface area contributed by atoms with E-state index in [0.717, 1.165) is 47.9 Å². The van der Waals surface area contributed by atoms with E-state index >= 15 is 0 Å². The molecule has 4 bridgehead atoms. The molecule has 206 valence electrons. The van der Waals surface area contributed by atoms with Crippen LogP contribution in [0.25, 0.3) is 0 Å². The Balaban J connectivity index is 0.893. The number of aliphatic hydroxyl groups excluding tert-OH is 1. The number of nitrogens with one attached hydrogen (secondary N) is 3. The second kappa shape index (κ2) is 10.6. The van der Waals surface area contributed by atoms with Crippen molar-refractivity contribution >= 4 is 23.4 Å². The van der Waals surface area contributed by atoms with Crippen LogP contribution >= 0.6 is 0 Å². The summed E-state index contributed by atoms with van der Waals surface area (Å²) in [6.45, 7) is 1.98. The van der Waals surface area contributed by atoms with Gasteiger partial charge in [-0.25, -0.2) is 0 Å². The minimum Gasteiger partial charge on any atom is -0.385 e. The number of piperidine rings is 1. The van der Waals surface area contributed by atoms with Crippen molar-refractivity contribution in [3.63, 3.8) is 0 Å². The molecule has 0 radical (unpaired) electrons. The van der Waals surface area contributed by atoms with Gasteiger partial charge in [-0.3, -0.25) is 19.3 Å². The van der Waals surface area contributed by atoms with E-state index in [4.69, 9.17) is 0 Å². The Hall–Kier alpha value is -2.45. The van der Waals surface area contributed by atoms with Crippen molar-refractivity contribution < 1.29 is 19.5 Å². The predicted octanol–water partition coefficient (Wildman–Crippen LogP) is 3.80. The van der Waals surface area contributed by atoms with Crippen LogP contribution in [0.15, 0.2) is 18.2 Å². The Labute approximate surface area is 225 Å². The van der Waals surface area contributed by atoms with Gasteiger partial charge in [0.25, 0.3) is 11.8 Å². The van der Waals surface area contributed by atoms with E-state index in [2.05, 4.69) is 16.0 Å². The lowest BCUT2D eigenvalue weighted by Gasteiger charge is -2.57. The molecule has 0 spiro atoms. The van der Waals surface area contributed by atoms with Crippen LogP contribution in [-0.4, -0.2) is 58.6 Å². The molecule has 4 N–H and O–H groups in total. The zero-order valence-electron chi connectivity index (χ0n) is 22.3. The van der Waals surface area contributed by atoms with E-state index in [0.29, 0.717) is 23.1 Å². The summed E-state index contributed by atoms with van der Waals surface area (Å²) in [6, 6.07) is 4.35. The van der Waals surface area contributed by atoms with E-state index in [1.165, 1.54) is 64.2 Å². The molecule has 6 aliphatic rings. The number of fused-ring (bicyclic) bond motifs is 1. The summed E-state index contributed by atoms with van der Waals surface area (Å²) in [5, 5.41) is 19.4. The van der Waals surface area contributed by atoms with E-state index in [1.54, 1.807) is 12.1 Å². The molecule has 1 saturated heterocycles. The third kappa shape index (κ3) is 5.09. The second-order valence-corrected chi connectivity index (χ2v) is 12.7. The maximum Gasteiger partial charge on any atom is 0.262 e. The van der Waals surface area contributed by atoms with Crippen molar-refractivity contribution in [1.82, 2.24) is 15.5 Å². The molecule has 2 heterocycles. The van der Waals surface area contributed by atoms with Gasteiger partial charge in [0.15, 0.2) is 0 Å². The first-order valence-electron chi connectivity index (χ1n) is 14.9. The summed E-state index contributed by atoms with van der Waals surface area (Å²) in [5.41, 5.74) is 1.96. The number of aliphatic hydroxyl groups is 1. The molecule has 7 rings (SSSR count). The minimum atomic E-state index is -0.923. The quantitative estimate of drug-likeness (QED) is 0.260. The van der Waals surface area contributed by atoms with Crippen LogP contribution in [-0.2, 0) is 4.79 Å². The van der Waals surface area contributed by atoms with Gasteiger partial charge in [-0.05, 0) is 107 Å². The molecule has 8 heteroatoms. The van der Waals surface area contributed by atoms with E-state index in [9.17, 15) is 19.5 Å². The molecule has 5 fully saturated rings. The standard InChI is InChI=1S/C30H42N4O4/c35-26-9-8-25(27(36)33-26)34-28(37)23-7-6-22(15-24(23)29(34)38)31-10-4-2-1-3-5-11-32-30-16-19-12-20(17-30)14-21(13-19)18-30/h6-7,15,19-21,25-26,31-32,35H,1-5,8-14,16-18H2,(H,33,36). The Morgan fingerprint density at radius 3 is 2.16 bits per heavy atom. The van der Waals surface area contributed by atoms with Crippen LogP contribution in [0.2, 0.25) is 0 Å². The lowest BCUT2D eigenvalue weighted by molar-refractivity contribution is -0.131. The number of hydrogen-bond acceptors (Lipinski definition) is 6. The van der Waals surface area contributed by atoms with Gasteiger partial charge >= 0.3 is 0 Å². The third-order valence-electron chi connectivity index (χ3n) is 9.78. The minimum absolute atomic E-state index is 0.266. The van der Waals surface area contributed by atoms with Crippen LogP contribution in [0.3, 0.4) is 0 Å². The Bertz CT molecular complexity index is 1050. The summed E-state index contributed by atoms with van der Waals surface area (Å²) < 4.78 is 0. The van der Waals surface area contributed by atoms with E-state index < -0.39 is 30.0 Å². The van der Waals surface area contributed by atoms with E-state index in [1.807, 2.05) is 6.07 Å². The van der Waals surface area contributed by atoms with Crippen molar-refractivity contribution in [2.24, 2.45) is 17.8 Å². The average molecular weight is 523 g/mol. The van der Waals surface area contributed by atoms with E-state index in [-0.39, 0.29) is 6.42 Å². The highest BCUT2D eigenvalue weighted by Gasteiger charge is 2.50. The van der Waals surface area contributed by atoms with Gasteiger partial charge in [-0.15, -0.1) is 0 Å². The van der Waals surface area contributed by atoms with Crippen LogP contribution < -0.4 is 16.0 Å². The van der Waals surface area contributed by atoms with Crippen molar-refractivity contribution in [1.29, 1.82) is 0 Å². The summed E-state index contributed by atoms with van der Waals surface area (Å²) in [4.78, 5) is 39.2. The molecule has 3 amide bonds. The summed E-state index contributed by atoms with van der Waals surface area (Å²) >= 11 is 0. The normalized spacial score (nSPS) is 33.6. The highest BCUT2D eigenvalue weighted by atomic mass is 16.3. The lowest BCUT2D eigenvalue weighted by atomic mass is 9.53. The predicted molar refractivity (Wildman–Crippen MR) is 145 cm³/mol. The molecular weight excluding hydrogens is 480 g/mol. The number of carbonyl (C=O) groups is 3. The highest BCUT2D eigenvalue weighted by Crippen LogP contribution is 2.55. The first-order valence-corrected chi connectivity index (χ1v) is 14.9. The molecule has 2 aliphatic heterocycles. The Kier molecular flexibility index (Phi) is 7.20. The monoisotopic (exact) mass is 522 g/mol. The second-order valence-electron chi connectivity index (χ2n) is 12.7. The van der Waals surface area contributed by atoms with Gasteiger partial charge in [0.05, 0.1) is 11.1 Å². The number of carbonyl (C=O) groups excluding carboxylic acids is 3. The van der Waals surface area contributed by atoms with Gasteiger partial charge in [0, 0.05) is 17.8 Å². The fourth-order valence-electron chi connectivity index (χ4n) is 8.37. The Morgan fingerprint density at radius 1 is 0.842 bits per heavy atom. The average Bonchev–Trinajstić information content (AvgIpc) is 3.11. The van der Waals surface area contributed by atoms with Gasteiger partial charge < -0.3 is 21.1 Å². The number of unbranched alkanes of at least 4 members (excludes halogenated alkanes) is 4. The Morgan fingerprint density at radius 2 is 1.47 bits per heavy atom. The SMILES string of the molecule is O=C1NC(O)CCC1N1C(=O)c2ccc(NCCCCCCCNC34CC5CC(CC(C5)C3)C4)cc2C1=O. The van der Waals surface area contributed by atoms with Crippen molar-refractivity contribution in [2.45, 2.75) is 101 Å². The maximum atomic E-state index is 13.0. The third-order valence-corrected chi connectivity index (χ3v) is 9.78. The van der Waals surface area contributed by atoms with Crippen molar-refractivity contribution in [3.8, 4) is 0 Å². The zero-order chi connectivity index (χ0) is 26.3. The van der Waals surface area contributed by atoms with Gasteiger partial charge in [0.1, 0.15) is 12.3 Å². The molecule has 8 nitrogen and oxygen atoms in total. The van der Waals surface area contributed by atoms with Gasteiger partial charge in [0.2, 0.25) is 5.91 Å². The highest BCUT2D eigenvalue weighted by molar-refractivity contribution is 6.23. The van der Waals surface area contributed by atoms with Crippen LogP contribution in [0.1, 0.15) is 104 Å². The molecule has 2 unspecified atom stereocenters. The largest absolute Gasteiger partial charge is 0.385 e. The van der Waals surface area contributed by atoms with Gasteiger partial charge in [-0.1, -0.05) is 19.3 Å². The number of hydrogen-bond donors (Lipinski definition) is 4. The van der Waals surface area contributed by atoms with Gasteiger partial charge in [-0.2, -0.15) is 0 Å². The number of amides is 3. The number of nitrogens with zero attached hydrogens (tertiary/aromatic N) is 1. The molecule has 4 aliphatic carbocycles. The first kappa shape index (κ1) is 25.8. The van der Waals surface area contributed by atoms with Crippen LogP contribution in [0, 0.1) is 17.8 Å². The van der Waals surface area contributed by atoms with Crippen LogP contribution in [0.4, 0.5) is 5.69 Å². The van der Waals surface area contributed by atoms with Crippen molar-refractivity contribution in [2.75, 3.05) is 18.4 Å². The lowest BCUT2D eigenvalue weighted by Crippen LogP contribution is -2.58. The van der Waals surface area contributed by atoms with Crippen molar-refractivity contribution in [3.05, 3.63) is 29.3 Å². The fraction of sp³-hybridized carbons (Fsp3) is 0.700. The fourth-order valence-corrected chi connectivity index (χ4v) is 8.37. The zero-order valence-corrected chi connectivity index (χ0v) is 22.3. The first-order chi connectivity index (χ1) is 18.4. The molecule has 1 aromatic carbocycles. The molecule has 1 aromatic rings. The molecular formula is C30H42N4O4. The number of anilines is 1. The summed E-state index contributed by atoms with van der Waals surface area (Å²) in [6.07, 6.45) is 14.4. The number of rotatable bonds is 11. The smallest absolute Gasteiger partial charge is 0.262 e. The molecule has 38 heavy (non-hydrogen) atoms. The summed E-state index contributed by atoms with van der Waals surface area (Å²) in [7, 11) is 0. The number of imide groups is 1. The molecule has 2 atom stereocenters. The maximum absolute atomic E-state index is 13.0.